The molecule has 0 unspecified atom stereocenters. The maximum atomic E-state index is 4.38. The van der Waals surface area contributed by atoms with Gasteiger partial charge < -0.3 is 10.3 Å². The molecule has 1 aliphatic heterocycles. The van der Waals surface area contributed by atoms with Crippen LogP contribution in [0.15, 0.2) is 18.6 Å². The highest BCUT2D eigenvalue weighted by atomic mass is 32.1. The molecule has 2 aliphatic rings. The molecule has 0 aromatic carbocycles. The highest BCUT2D eigenvalue weighted by molar-refractivity contribution is 7.19. The summed E-state index contributed by atoms with van der Waals surface area (Å²) in [6, 6.07) is 2.24. The van der Waals surface area contributed by atoms with Crippen molar-refractivity contribution in [3.8, 4) is 11.3 Å². The van der Waals surface area contributed by atoms with Crippen molar-refractivity contribution in [3.05, 3.63) is 40.2 Å². The Labute approximate surface area is 180 Å². The summed E-state index contributed by atoms with van der Waals surface area (Å²) in [4.78, 5) is 11.1. The van der Waals surface area contributed by atoms with Crippen molar-refractivity contribution in [2.75, 3.05) is 13.1 Å². The lowest BCUT2D eigenvalue weighted by molar-refractivity contribution is 0.129. The van der Waals surface area contributed by atoms with Crippen molar-refractivity contribution in [1.82, 2.24) is 24.9 Å². The Bertz CT molecular complexity index is 1260. The second-order valence-electron chi connectivity index (χ2n) is 9.84. The molecule has 156 valence electrons. The van der Waals surface area contributed by atoms with E-state index >= 15 is 0 Å². The minimum atomic E-state index is 0.452. The summed E-state index contributed by atoms with van der Waals surface area (Å²) in [6.07, 6.45) is 7.81. The average molecular weight is 420 g/mol. The number of fused-ring (bicyclic) bond motifs is 2. The number of hydrogen-bond donors (Lipinski definition) is 2. The van der Waals surface area contributed by atoms with E-state index < -0.39 is 0 Å². The van der Waals surface area contributed by atoms with Crippen molar-refractivity contribution in [1.29, 1.82) is 0 Å². The molecule has 0 amide bonds. The monoisotopic (exact) mass is 419 g/mol. The summed E-state index contributed by atoms with van der Waals surface area (Å²) >= 11 is 2.00. The lowest BCUT2D eigenvalue weighted by atomic mass is 9.61. The SMILES string of the molecule is Cc1cc(-c2[nH]c3sc([C@H]4C[C@]5(CCNC5)C4)c(C)c3c2C(C)C)cn2ncnc12. The van der Waals surface area contributed by atoms with Crippen LogP contribution in [0.4, 0.5) is 0 Å². The Balaban J connectivity index is 1.45. The van der Waals surface area contributed by atoms with E-state index in [-0.39, 0.29) is 0 Å². The van der Waals surface area contributed by atoms with Gasteiger partial charge in [0.2, 0.25) is 0 Å². The number of aromatic amines is 1. The highest BCUT2D eigenvalue weighted by Crippen LogP contribution is 2.57. The van der Waals surface area contributed by atoms with E-state index in [2.05, 4.69) is 60.3 Å². The van der Waals surface area contributed by atoms with E-state index in [4.69, 9.17) is 0 Å². The molecule has 0 bridgehead atoms. The number of aromatic nitrogens is 4. The first-order valence-electron chi connectivity index (χ1n) is 11.1. The van der Waals surface area contributed by atoms with E-state index in [1.54, 1.807) is 11.2 Å². The van der Waals surface area contributed by atoms with E-state index in [0.717, 1.165) is 17.1 Å². The Hall–Kier alpha value is -2.18. The summed E-state index contributed by atoms with van der Waals surface area (Å²) in [5, 5.41) is 9.41. The first-order chi connectivity index (χ1) is 14.5. The van der Waals surface area contributed by atoms with Gasteiger partial charge in [-0.2, -0.15) is 5.10 Å². The molecular formula is C24H29N5S. The number of pyridine rings is 1. The number of rotatable bonds is 3. The van der Waals surface area contributed by atoms with Crippen LogP contribution in [0.1, 0.15) is 66.5 Å². The van der Waals surface area contributed by atoms with Crippen LogP contribution >= 0.6 is 11.3 Å². The lowest BCUT2D eigenvalue weighted by Gasteiger charge is -2.45. The molecule has 6 rings (SSSR count). The van der Waals surface area contributed by atoms with Gasteiger partial charge in [0.1, 0.15) is 11.2 Å². The fraction of sp³-hybridized carbons (Fsp3) is 0.500. The van der Waals surface area contributed by atoms with Gasteiger partial charge in [-0.3, -0.25) is 0 Å². The predicted octanol–water partition coefficient (Wildman–Crippen LogP) is 5.54. The Kier molecular flexibility index (Phi) is 3.97. The van der Waals surface area contributed by atoms with E-state index in [9.17, 15) is 0 Å². The number of hydrogen-bond acceptors (Lipinski definition) is 4. The third kappa shape index (κ3) is 2.56. The Morgan fingerprint density at radius 2 is 2.10 bits per heavy atom. The Morgan fingerprint density at radius 3 is 2.83 bits per heavy atom. The first kappa shape index (κ1) is 18.6. The summed E-state index contributed by atoms with van der Waals surface area (Å²) in [5.41, 5.74) is 8.05. The van der Waals surface area contributed by atoms with Gasteiger partial charge >= 0.3 is 0 Å². The third-order valence-corrected chi connectivity index (χ3v) is 8.82. The minimum absolute atomic E-state index is 0.452. The zero-order chi connectivity index (χ0) is 20.6. The molecule has 5 nitrogen and oxygen atoms in total. The number of nitrogens with one attached hydrogen (secondary N) is 2. The van der Waals surface area contributed by atoms with Gasteiger partial charge in [0.15, 0.2) is 5.65 Å². The minimum Gasteiger partial charge on any atom is -0.346 e. The van der Waals surface area contributed by atoms with Crippen molar-refractivity contribution >= 4 is 27.2 Å². The molecule has 4 aromatic rings. The van der Waals surface area contributed by atoms with Crippen LogP contribution in [-0.4, -0.2) is 32.7 Å². The normalized spacial score (nSPS) is 24.0. The summed E-state index contributed by atoms with van der Waals surface area (Å²) < 4.78 is 1.89. The van der Waals surface area contributed by atoms with Gasteiger partial charge in [-0.15, -0.1) is 11.3 Å². The topological polar surface area (TPSA) is 58.0 Å². The van der Waals surface area contributed by atoms with Crippen molar-refractivity contribution in [3.63, 3.8) is 0 Å². The van der Waals surface area contributed by atoms with Gasteiger partial charge in [-0.1, -0.05) is 13.8 Å². The summed E-state index contributed by atoms with van der Waals surface area (Å²) in [5.74, 6) is 1.20. The zero-order valence-electron chi connectivity index (χ0n) is 18.2. The molecule has 0 atom stereocenters. The molecule has 1 saturated carbocycles. The molecule has 2 fully saturated rings. The molecule has 0 radical (unpaired) electrons. The zero-order valence-corrected chi connectivity index (χ0v) is 19.0. The van der Waals surface area contributed by atoms with Crippen LogP contribution in [-0.2, 0) is 0 Å². The van der Waals surface area contributed by atoms with Crippen molar-refractivity contribution in [2.45, 2.75) is 58.8 Å². The molecule has 6 heteroatoms. The van der Waals surface area contributed by atoms with Gasteiger partial charge in [-0.25, -0.2) is 9.50 Å². The molecule has 1 aliphatic carbocycles. The maximum absolute atomic E-state index is 4.38. The number of aryl methyl sites for hydroxylation is 2. The van der Waals surface area contributed by atoms with Gasteiger partial charge in [0, 0.05) is 28.6 Å². The molecular weight excluding hydrogens is 390 g/mol. The lowest BCUT2D eigenvalue weighted by Crippen LogP contribution is -2.37. The molecule has 4 aromatic heterocycles. The molecule has 1 saturated heterocycles. The fourth-order valence-corrected chi connectivity index (χ4v) is 7.32. The van der Waals surface area contributed by atoms with Crippen molar-refractivity contribution in [2.24, 2.45) is 5.41 Å². The third-order valence-electron chi connectivity index (χ3n) is 7.45. The summed E-state index contributed by atoms with van der Waals surface area (Å²) in [7, 11) is 0. The Morgan fingerprint density at radius 1 is 1.27 bits per heavy atom. The van der Waals surface area contributed by atoms with Crippen LogP contribution in [0, 0.1) is 19.3 Å². The maximum Gasteiger partial charge on any atom is 0.158 e. The predicted molar refractivity (Wildman–Crippen MR) is 124 cm³/mol. The van der Waals surface area contributed by atoms with Gasteiger partial charge in [0.05, 0.1) is 5.69 Å². The van der Waals surface area contributed by atoms with E-state index in [1.807, 2.05) is 15.9 Å². The number of thiophene rings is 1. The second-order valence-corrected chi connectivity index (χ2v) is 10.9. The number of H-pyrrole nitrogens is 1. The van der Waals surface area contributed by atoms with Gasteiger partial charge in [-0.05, 0) is 79.7 Å². The first-order valence-corrected chi connectivity index (χ1v) is 11.9. The largest absolute Gasteiger partial charge is 0.346 e. The fourth-order valence-electron chi connectivity index (χ4n) is 5.99. The highest BCUT2D eigenvalue weighted by Gasteiger charge is 2.47. The molecule has 1 spiro atoms. The smallest absolute Gasteiger partial charge is 0.158 e. The van der Waals surface area contributed by atoms with Crippen LogP contribution < -0.4 is 5.32 Å². The molecule has 30 heavy (non-hydrogen) atoms. The van der Waals surface area contributed by atoms with Crippen LogP contribution in [0.5, 0.6) is 0 Å². The summed E-state index contributed by atoms with van der Waals surface area (Å²) in [6.45, 7) is 11.5. The van der Waals surface area contributed by atoms with E-state index in [1.165, 1.54) is 65.0 Å². The standard InChI is InChI=1S/C24H29N5S/c1-13(2)18-19-15(4)21(17-8-24(9-17)5-6-25-11-24)30-23(19)28-20(18)16-7-14(3)22-26-12-27-29(22)10-16/h7,10,12-13,17,25,28H,5-6,8-9,11H2,1-4H3/t17-,24+. The van der Waals surface area contributed by atoms with Crippen LogP contribution in [0.2, 0.25) is 0 Å². The van der Waals surface area contributed by atoms with Gasteiger partial charge in [0.25, 0.3) is 0 Å². The quantitative estimate of drug-likeness (QED) is 0.459. The molecule has 5 heterocycles. The van der Waals surface area contributed by atoms with Crippen LogP contribution in [0.3, 0.4) is 0 Å². The number of nitrogens with zero attached hydrogens (tertiary/aromatic N) is 3. The van der Waals surface area contributed by atoms with Crippen LogP contribution in [0.25, 0.3) is 27.1 Å². The second kappa shape index (κ2) is 6.41. The van der Waals surface area contributed by atoms with E-state index in [0.29, 0.717) is 11.3 Å². The van der Waals surface area contributed by atoms with Crippen molar-refractivity contribution < 1.29 is 0 Å². The average Bonchev–Trinajstić information content (AvgIpc) is 3.44. The molecule has 2 N–H and O–H groups in total.